The van der Waals surface area contributed by atoms with Crippen molar-refractivity contribution in [3.8, 4) is 0 Å². The van der Waals surface area contributed by atoms with E-state index >= 15 is 0 Å². The fourth-order valence-corrected chi connectivity index (χ4v) is 6.54. The minimum absolute atomic E-state index is 0. The van der Waals surface area contributed by atoms with Crippen molar-refractivity contribution >= 4 is 0 Å². The monoisotopic (exact) mass is 648 g/mol. The SMILES string of the molecule is CCCCC(CCCC)c1cc[n+](CCCCCCCCCCCC[n+]2ccc(C(CCCC)CCCC)cc2)cc1.[Cl-].[Cl-]. The molecular weight excluding hydrogens is 579 g/mol. The second-order valence-electron chi connectivity index (χ2n) is 13.2. The highest BCUT2D eigenvalue weighted by molar-refractivity contribution is 5.14. The lowest BCUT2D eigenvalue weighted by Gasteiger charge is -2.16. The topological polar surface area (TPSA) is 7.76 Å². The van der Waals surface area contributed by atoms with Crippen molar-refractivity contribution in [3.05, 3.63) is 60.2 Å². The fourth-order valence-electron chi connectivity index (χ4n) is 6.54. The van der Waals surface area contributed by atoms with E-state index < -0.39 is 0 Å². The molecule has 4 heteroatoms. The predicted molar refractivity (Wildman–Crippen MR) is 183 cm³/mol. The zero-order valence-corrected chi connectivity index (χ0v) is 30.9. The highest BCUT2D eigenvalue weighted by Gasteiger charge is 2.14. The first kappa shape index (κ1) is 42.9. The Hall–Kier alpha value is -1.12. The number of aromatic nitrogens is 2. The highest BCUT2D eigenvalue weighted by Crippen LogP contribution is 2.28. The smallest absolute Gasteiger partial charge is 0.169 e. The number of rotatable bonds is 27. The highest BCUT2D eigenvalue weighted by atomic mass is 35.5. The average molecular weight is 650 g/mol. The molecule has 0 aliphatic rings. The van der Waals surface area contributed by atoms with Crippen LogP contribution in [0.1, 0.15) is 192 Å². The van der Waals surface area contributed by atoms with Crippen molar-refractivity contribution in [2.75, 3.05) is 0 Å². The zero-order chi connectivity index (χ0) is 30.1. The summed E-state index contributed by atoms with van der Waals surface area (Å²) in [7, 11) is 0. The predicted octanol–water partition coefficient (Wildman–Crippen LogP) is 5.80. The van der Waals surface area contributed by atoms with Gasteiger partial charge in [0.15, 0.2) is 24.8 Å². The molecule has 0 aliphatic carbocycles. The van der Waals surface area contributed by atoms with E-state index in [1.165, 1.54) is 154 Å². The Morgan fingerprint density at radius 2 is 0.636 bits per heavy atom. The minimum Gasteiger partial charge on any atom is -1.00 e. The first-order chi connectivity index (χ1) is 20.7. The van der Waals surface area contributed by atoms with Crippen LogP contribution in [0.3, 0.4) is 0 Å². The number of hydrogen-bond donors (Lipinski definition) is 0. The van der Waals surface area contributed by atoms with Crippen LogP contribution in [0.2, 0.25) is 0 Å². The standard InChI is InChI=1S/C40H70N2.2ClH/c1-5-9-23-37(24-10-6-2)39-27-33-41(34-28-39)31-21-19-17-15-13-14-16-18-20-22-32-42-35-29-40(30-36-42)38(25-11-7-3)26-12-8-4;;/h27-30,33-38H,5-26,31-32H2,1-4H3;2*1H/q+2;;/p-2. The van der Waals surface area contributed by atoms with Crippen LogP contribution in [0.25, 0.3) is 0 Å². The van der Waals surface area contributed by atoms with E-state index in [2.05, 4.69) is 85.9 Å². The summed E-state index contributed by atoms with van der Waals surface area (Å²) in [5.74, 6) is 1.53. The Balaban J connectivity index is 0.00000924. The number of halogens is 2. The molecule has 0 saturated carbocycles. The molecule has 0 amide bonds. The van der Waals surface area contributed by atoms with Gasteiger partial charge in [-0.25, -0.2) is 9.13 Å². The first-order valence-electron chi connectivity index (χ1n) is 18.7. The molecule has 2 aromatic rings. The molecule has 0 atom stereocenters. The largest absolute Gasteiger partial charge is 1.00 e. The van der Waals surface area contributed by atoms with Crippen molar-refractivity contribution < 1.29 is 33.9 Å². The van der Waals surface area contributed by atoms with Crippen molar-refractivity contribution in [3.63, 3.8) is 0 Å². The molecule has 0 fully saturated rings. The van der Waals surface area contributed by atoms with Gasteiger partial charge in [0.05, 0.1) is 0 Å². The zero-order valence-electron chi connectivity index (χ0n) is 29.4. The van der Waals surface area contributed by atoms with Crippen LogP contribution in [0.5, 0.6) is 0 Å². The molecule has 44 heavy (non-hydrogen) atoms. The molecule has 2 heterocycles. The summed E-state index contributed by atoms with van der Waals surface area (Å²) in [5, 5.41) is 0. The van der Waals surface area contributed by atoms with Gasteiger partial charge in [-0.1, -0.05) is 118 Å². The van der Waals surface area contributed by atoms with Crippen LogP contribution < -0.4 is 33.9 Å². The lowest BCUT2D eigenvalue weighted by Crippen LogP contribution is -3.00. The van der Waals surface area contributed by atoms with Gasteiger partial charge >= 0.3 is 0 Å². The van der Waals surface area contributed by atoms with Gasteiger partial charge in [0.2, 0.25) is 0 Å². The maximum Gasteiger partial charge on any atom is 0.169 e. The second-order valence-corrected chi connectivity index (χ2v) is 13.2. The molecule has 0 aromatic carbocycles. The molecule has 0 radical (unpaired) electrons. The van der Waals surface area contributed by atoms with Gasteiger partial charge in [-0.2, -0.15) is 0 Å². The summed E-state index contributed by atoms with van der Waals surface area (Å²) < 4.78 is 4.82. The summed E-state index contributed by atoms with van der Waals surface area (Å²) in [4.78, 5) is 0. The van der Waals surface area contributed by atoms with Crippen LogP contribution in [0.15, 0.2) is 49.1 Å². The van der Waals surface area contributed by atoms with E-state index in [0.29, 0.717) is 0 Å². The summed E-state index contributed by atoms with van der Waals surface area (Å²) in [5.41, 5.74) is 3.13. The van der Waals surface area contributed by atoms with E-state index in [9.17, 15) is 0 Å². The second kappa shape index (κ2) is 29.3. The Morgan fingerprint density at radius 3 is 0.886 bits per heavy atom. The average Bonchev–Trinajstić information content (AvgIpc) is 3.02. The maximum absolute atomic E-state index is 2.41. The number of pyridine rings is 2. The third-order valence-electron chi connectivity index (χ3n) is 9.48. The van der Waals surface area contributed by atoms with Crippen molar-refractivity contribution in [2.45, 2.75) is 194 Å². The van der Waals surface area contributed by atoms with Crippen LogP contribution in [-0.4, -0.2) is 0 Å². The molecule has 0 saturated heterocycles. The van der Waals surface area contributed by atoms with E-state index in [1.807, 2.05) is 0 Å². The molecule has 2 rings (SSSR count). The number of nitrogens with zero attached hydrogens (tertiary/aromatic N) is 2. The van der Waals surface area contributed by atoms with Gasteiger partial charge in [0.25, 0.3) is 0 Å². The minimum atomic E-state index is 0. The van der Waals surface area contributed by atoms with Gasteiger partial charge in [0.1, 0.15) is 13.1 Å². The van der Waals surface area contributed by atoms with E-state index in [0.717, 1.165) is 11.8 Å². The van der Waals surface area contributed by atoms with Crippen LogP contribution in [0.4, 0.5) is 0 Å². The molecular formula is C40H70Cl2N2. The molecule has 0 N–H and O–H groups in total. The summed E-state index contributed by atoms with van der Waals surface area (Å²) in [6.45, 7) is 11.6. The summed E-state index contributed by atoms with van der Waals surface area (Å²) in [6.07, 6.45) is 39.3. The lowest BCUT2D eigenvalue weighted by molar-refractivity contribution is -0.697. The Morgan fingerprint density at radius 1 is 0.386 bits per heavy atom. The Kier molecular flexibility index (Phi) is 28.5. The Labute approximate surface area is 287 Å². The first-order valence-corrected chi connectivity index (χ1v) is 18.7. The van der Waals surface area contributed by atoms with Gasteiger partial charge in [-0.05, 0) is 61.5 Å². The van der Waals surface area contributed by atoms with Gasteiger partial charge < -0.3 is 24.8 Å². The molecule has 254 valence electrons. The fraction of sp³-hybridized carbons (Fsp3) is 0.750. The van der Waals surface area contributed by atoms with E-state index in [1.54, 1.807) is 11.1 Å². The van der Waals surface area contributed by atoms with Crippen LogP contribution in [0, 0.1) is 0 Å². The maximum atomic E-state index is 2.41. The van der Waals surface area contributed by atoms with Crippen LogP contribution >= 0.6 is 0 Å². The molecule has 0 unspecified atom stereocenters. The Bertz CT molecular complexity index is 778. The van der Waals surface area contributed by atoms with Crippen molar-refractivity contribution in [1.82, 2.24) is 0 Å². The molecule has 2 nitrogen and oxygen atoms in total. The number of hydrogen-bond acceptors (Lipinski definition) is 0. The summed E-state index contributed by atoms with van der Waals surface area (Å²) in [6, 6.07) is 9.62. The number of aryl methyl sites for hydroxylation is 2. The number of unbranched alkanes of at least 4 members (excludes halogenated alkanes) is 13. The van der Waals surface area contributed by atoms with E-state index in [4.69, 9.17) is 0 Å². The van der Waals surface area contributed by atoms with Gasteiger partial charge in [-0.15, -0.1) is 0 Å². The third kappa shape index (κ3) is 19.4. The quantitative estimate of drug-likeness (QED) is 0.0855. The molecule has 0 spiro atoms. The third-order valence-corrected chi connectivity index (χ3v) is 9.48. The molecule has 2 aromatic heterocycles. The normalized spacial score (nSPS) is 11.1. The lowest BCUT2D eigenvalue weighted by atomic mass is 9.89. The summed E-state index contributed by atoms with van der Waals surface area (Å²) >= 11 is 0. The van der Waals surface area contributed by atoms with Gasteiger partial charge in [0, 0.05) is 37.1 Å². The van der Waals surface area contributed by atoms with E-state index in [-0.39, 0.29) is 24.8 Å². The van der Waals surface area contributed by atoms with Gasteiger partial charge in [-0.3, -0.25) is 0 Å². The molecule has 0 aliphatic heterocycles. The van der Waals surface area contributed by atoms with Crippen molar-refractivity contribution in [1.29, 1.82) is 0 Å². The van der Waals surface area contributed by atoms with Crippen LogP contribution in [-0.2, 0) is 13.1 Å². The molecule has 0 bridgehead atoms. The van der Waals surface area contributed by atoms with Crippen molar-refractivity contribution in [2.24, 2.45) is 0 Å².